The van der Waals surface area contributed by atoms with Crippen molar-refractivity contribution in [3.63, 3.8) is 0 Å². The molecule has 0 N–H and O–H groups in total. The Morgan fingerprint density at radius 1 is 1.10 bits per heavy atom. The van der Waals surface area contributed by atoms with Crippen molar-refractivity contribution in [1.29, 1.82) is 0 Å². The van der Waals surface area contributed by atoms with Crippen LogP contribution in [0, 0.1) is 0 Å². The highest BCUT2D eigenvalue weighted by molar-refractivity contribution is 8.16. The van der Waals surface area contributed by atoms with E-state index in [1.165, 1.54) is 11.8 Å². The third kappa shape index (κ3) is 4.17. The van der Waals surface area contributed by atoms with Gasteiger partial charge in [-0.2, -0.15) is 4.99 Å². The van der Waals surface area contributed by atoms with Gasteiger partial charge in [0.25, 0.3) is 5.91 Å². The van der Waals surface area contributed by atoms with E-state index >= 15 is 0 Å². The molecule has 2 heterocycles. The first-order chi connectivity index (χ1) is 14.4. The maximum Gasteiger partial charge on any atom is 0.252 e. The topological polar surface area (TPSA) is 85.3 Å². The van der Waals surface area contributed by atoms with Crippen LogP contribution in [0.2, 0.25) is 0 Å². The van der Waals surface area contributed by atoms with Gasteiger partial charge in [-0.3, -0.25) is 4.79 Å². The molecular formula is C21H22N2O5S2. The summed E-state index contributed by atoms with van der Waals surface area (Å²) in [5.74, 6) is 1.18. The Morgan fingerprint density at radius 2 is 1.83 bits per heavy atom. The molecule has 0 saturated carbocycles. The number of ether oxygens (including phenoxy) is 2. The number of para-hydroxylation sites is 1. The Bertz CT molecular complexity index is 1080. The first-order valence-electron chi connectivity index (χ1n) is 9.44. The molecule has 2 aromatic carbocycles. The maximum absolute atomic E-state index is 12.7. The van der Waals surface area contributed by atoms with Gasteiger partial charge in [0.1, 0.15) is 11.5 Å². The molecule has 158 valence electrons. The van der Waals surface area contributed by atoms with Crippen LogP contribution in [-0.2, 0) is 21.1 Å². The fourth-order valence-corrected chi connectivity index (χ4v) is 7.70. The molecule has 2 aliphatic heterocycles. The predicted octanol–water partition coefficient (Wildman–Crippen LogP) is 2.55. The van der Waals surface area contributed by atoms with Crippen molar-refractivity contribution in [1.82, 2.24) is 0 Å². The number of amidine groups is 1. The number of hydrogen-bond acceptors (Lipinski definition) is 6. The van der Waals surface area contributed by atoms with E-state index in [0.717, 1.165) is 11.3 Å². The van der Waals surface area contributed by atoms with Crippen LogP contribution in [0.4, 0.5) is 5.69 Å². The quantitative estimate of drug-likeness (QED) is 0.698. The SMILES string of the molecule is COc1ccc(N2C(=NC(=O)Cc3ccccc3OC)S[C@H]3CS(=O)(=O)C[C@H]32)cc1. The van der Waals surface area contributed by atoms with E-state index in [-0.39, 0.29) is 35.1 Å². The Balaban J connectivity index is 1.64. The van der Waals surface area contributed by atoms with E-state index in [4.69, 9.17) is 9.47 Å². The monoisotopic (exact) mass is 446 g/mol. The van der Waals surface area contributed by atoms with Crippen molar-refractivity contribution in [2.75, 3.05) is 30.6 Å². The smallest absolute Gasteiger partial charge is 0.252 e. The molecule has 0 aromatic heterocycles. The normalized spacial score (nSPS) is 23.4. The first-order valence-corrected chi connectivity index (χ1v) is 12.1. The molecule has 9 heteroatoms. The van der Waals surface area contributed by atoms with Gasteiger partial charge in [0.05, 0.1) is 38.2 Å². The summed E-state index contributed by atoms with van der Waals surface area (Å²) < 4.78 is 34.9. The minimum atomic E-state index is -3.11. The van der Waals surface area contributed by atoms with Gasteiger partial charge in [0.2, 0.25) is 0 Å². The summed E-state index contributed by atoms with van der Waals surface area (Å²) in [4.78, 5) is 19.0. The lowest BCUT2D eigenvalue weighted by molar-refractivity contribution is -0.117. The van der Waals surface area contributed by atoms with Gasteiger partial charge in [-0.05, 0) is 30.3 Å². The minimum absolute atomic E-state index is 0.0520. The van der Waals surface area contributed by atoms with Gasteiger partial charge in [-0.25, -0.2) is 8.42 Å². The van der Waals surface area contributed by atoms with Gasteiger partial charge in [-0.15, -0.1) is 0 Å². The van der Waals surface area contributed by atoms with Crippen molar-refractivity contribution in [2.24, 2.45) is 4.99 Å². The summed E-state index contributed by atoms with van der Waals surface area (Å²) in [6, 6.07) is 14.4. The molecule has 7 nitrogen and oxygen atoms in total. The number of thioether (sulfide) groups is 1. The zero-order valence-electron chi connectivity index (χ0n) is 16.6. The van der Waals surface area contributed by atoms with Crippen LogP contribution in [0.3, 0.4) is 0 Å². The number of rotatable bonds is 5. The average Bonchev–Trinajstić information content (AvgIpc) is 3.19. The van der Waals surface area contributed by atoms with Gasteiger partial charge >= 0.3 is 0 Å². The molecule has 0 radical (unpaired) electrons. The number of hydrogen-bond donors (Lipinski definition) is 0. The van der Waals surface area contributed by atoms with Crippen molar-refractivity contribution in [3.05, 3.63) is 54.1 Å². The highest BCUT2D eigenvalue weighted by atomic mass is 32.2. The van der Waals surface area contributed by atoms with Crippen LogP contribution in [0.1, 0.15) is 5.56 Å². The van der Waals surface area contributed by atoms with E-state index in [0.29, 0.717) is 16.7 Å². The lowest BCUT2D eigenvalue weighted by Gasteiger charge is -2.24. The lowest BCUT2D eigenvalue weighted by Crippen LogP contribution is -2.37. The summed E-state index contributed by atoms with van der Waals surface area (Å²) in [5, 5.41) is 0.389. The maximum atomic E-state index is 12.7. The summed E-state index contributed by atoms with van der Waals surface area (Å²) >= 11 is 1.36. The molecule has 0 unspecified atom stereocenters. The predicted molar refractivity (Wildman–Crippen MR) is 118 cm³/mol. The number of carbonyl (C=O) groups is 1. The molecule has 2 aliphatic rings. The zero-order chi connectivity index (χ0) is 21.3. The van der Waals surface area contributed by atoms with Gasteiger partial charge in [0.15, 0.2) is 15.0 Å². The van der Waals surface area contributed by atoms with E-state index in [2.05, 4.69) is 4.99 Å². The van der Waals surface area contributed by atoms with E-state index in [1.54, 1.807) is 20.3 Å². The van der Waals surface area contributed by atoms with Crippen LogP contribution in [0.25, 0.3) is 0 Å². The molecule has 1 amide bonds. The number of carbonyl (C=O) groups excluding carboxylic acids is 1. The van der Waals surface area contributed by atoms with Crippen molar-refractivity contribution >= 4 is 38.4 Å². The lowest BCUT2D eigenvalue weighted by atomic mass is 10.1. The number of nitrogens with zero attached hydrogens (tertiary/aromatic N) is 2. The fourth-order valence-electron chi connectivity index (χ4n) is 3.77. The Kier molecular flexibility index (Phi) is 5.75. The Hall–Kier alpha value is -2.52. The van der Waals surface area contributed by atoms with Crippen molar-refractivity contribution in [2.45, 2.75) is 17.7 Å². The summed E-state index contributed by atoms with van der Waals surface area (Å²) in [6.45, 7) is 0. The second-order valence-corrected chi connectivity index (χ2v) is 10.5. The second kappa shape index (κ2) is 8.31. The molecule has 2 aromatic rings. The highest BCUT2D eigenvalue weighted by Gasteiger charge is 2.49. The zero-order valence-corrected chi connectivity index (χ0v) is 18.3. The third-order valence-corrected chi connectivity index (χ3v) is 8.38. The van der Waals surface area contributed by atoms with Gasteiger partial charge in [0, 0.05) is 16.5 Å². The molecule has 2 fully saturated rings. The Morgan fingerprint density at radius 3 is 2.53 bits per heavy atom. The molecular weight excluding hydrogens is 424 g/mol. The van der Waals surface area contributed by atoms with E-state index in [1.807, 2.05) is 47.4 Å². The first kappa shape index (κ1) is 20.7. The second-order valence-electron chi connectivity index (χ2n) is 7.15. The third-order valence-electron chi connectivity index (χ3n) is 5.17. The Labute approximate surface area is 180 Å². The fraction of sp³-hybridized carbons (Fsp3) is 0.333. The summed E-state index contributed by atoms with van der Waals surface area (Å²) in [7, 11) is 0.0392. The van der Waals surface area contributed by atoms with Crippen molar-refractivity contribution in [3.8, 4) is 11.5 Å². The number of methoxy groups -OCH3 is 2. The molecule has 2 saturated heterocycles. The van der Waals surface area contributed by atoms with Crippen LogP contribution in [-0.4, -0.2) is 56.5 Å². The molecule has 0 bridgehead atoms. The average molecular weight is 447 g/mol. The van der Waals surface area contributed by atoms with Crippen LogP contribution < -0.4 is 14.4 Å². The van der Waals surface area contributed by atoms with Gasteiger partial charge in [-0.1, -0.05) is 30.0 Å². The van der Waals surface area contributed by atoms with Crippen LogP contribution in [0.15, 0.2) is 53.5 Å². The minimum Gasteiger partial charge on any atom is -0.497 e. The highest BCUT2D eigenvalue weighted by Crippen LogP contribution is 2.41. The van der Waals surface area contributed by atoms with Gasteiger partial charge < -0.3 is 14.4 Å². The largest absolute Gasteiger partial charge is 0.497 e. The number of amides is 1. The number of sulfone groups is 1. The number of aliphatic imine (C=N–C) groups is 1. The number of fused-ring (bicyclic) bond motifs is 1. The van der Waals surface area contributed by atoms with E-state index < -0.39 is 9.84 Å². The standard InChI is InChI=1S/C21H22N2O5S2/c1-27-16-9-7-15(8-10-16)23-17-12-30(25,26)13-19(17)29-21(23)22-20(24)11-14-5-3-4-6-18(14)28-2/h3-10,17,19H,11-13H2,1-2H3/t17-,19+/m1/s1. The van der Waals surface area contributed by atoms with Crippen LogP contribution >= 0.6 is 11.8 Å². The summed E-state index contributed by atoms with van der Waals surface area (Å²) in [5.41, 5.74) is 1.55. The molecule has 4 rings (SSSR count). The molecule has 0 spiro atoms. The number of anilines is 1. The van der Waals surface area contributed by atoms with Crippen LogP contribution in [0.5, 0.6) is 11.5 Å². The molecule has 0 aliphatic carbocycles. The van der Waals surface area contributed by atoms with Crippen molar-refractivity contribution < 1.29 is 22.7 Å². The molecule has 30 heavy (non-hydrogen) atoms. The molecule has 2 atom stereocenters. The number of benzene rings is 2. The van der Waals surface area contributed by atoms with E-state index in [9.17, 15) is 13.2 Å². The summed E-state index contributed by atoms with van der Waals surface area (Å²) in [6.07, 6.45) is 0.109.